The van der Waals surface area contributed by atoms with E-state index in [1.807, 2.05) is 0 Å². The van der Waals surface area contributed by atoms with Crippen LogP contribution < -0.4 is 11.5 Å². The number of Topliss-reactive ketones (excluding diaryl/α,β-unsaturated/α-hetero) is 1. The summed E-state index contributed by atoms with van der Waals surface area (Å²) in [5.74, 6) is -0.276. The Bertz CT molecular complexity index is 887. The standard InChI is InChI=1S/C15H14FN5O/c1-8(22)5-21-6-11(10-3-2-9(17)4-12(10)16)13-14(18)19-7-20-15(13)21/h2-4,6-7H,5,17H2,1H3,(H2,18,19,20). The van der Waals surface area contributed by atoms with Crippen LogP contribution in [-0.4, -0.2) is 20.3 Å². The van der Waals surface area contributed by atoms with Crippen molar-refractivity contribution in [2.24, 2.45) is 0 Å². The third kappa shape index (κ3) is 2.26. The van der Waals surface area contributed by atoms with Crippen LogP contribution in [0, 0.1) is 5.82 Å². The van der Waals surface area contributed by atoms with Gasteiger partial charge < -0.3 is 16.0 Å². The zero-order chi connectivity index (χ0) is 15.9. The van der Waals surface area contributed by atoms with Crippen molar-refractivity contribution in [3.05, 3.63) is 36.5 Å². The van der Waals surface area contributed by atoms with Gasteiger partial charge in [-0.05, 0) is 25.1 Å². The summed E-state index contributed by atoms with van der Waals surface area (Å²) in [5, 5.41) is 0.521. The number of carbonyl (C=O) groups is 1. The Morgan fingerprint density at radius 1 is 1.27 bits per heavy atom. The molecular weight excluding hydrogens is 285 g/mol. The van der Waals surface area contributed by atoms with E-state index in [9.17, 15) is 9.18 Å². The molecule has 6 nitrogen and oxygen atoms in total. The van der Waals surface area contributed by atoms with Gasteiger partial charge in [-0.15, -0.1) is 0 Å². The number of anilines is 2. The van der Waals surface area contributed by atoms with E-state index in [1.165, 1.54) is 19.3 Å². The van der Waals surface area contributed by atoms with E-state index >= 15 is 0 Å². The third-order valence-electron chi connectivity index (χ3n) is 3.36. The van der Waals surface area contributed by atoms with Gasteiger partial charge in [-0.1, -0.05) is 0 Å². The Hall–Kier alpha value is -2.96. The van der Waals surface area contributed by atoms with Crippen LogP contribution in [0.25, 0.3) is 22.2 Å². The van der Waals surface area contributed by atoms with E-state index in [4.69, 9.17) is 11.5 Å². The molecule has 0 bridgehead atoms. The second kappa shape index (κ2) is 5.10. The molecule has 0 aliphatic rings. The summed E-state index contributed by atoms with van der Waals surface area (Å²) in [6, 6.07) is 4.42. The predicted molar refractivity (Wildman–Crippen MR) is 82.4 cm³/mol. The van der Waals surface area contributed by atoms with Gasteiger partial charge >= 0.3 is 0 Å². The molecule has 0 spiro atoms. The number of aromatic nitrogens is 3. The van der Waals surface area contributed by atoms with Crippen LogP contribution in [0.5, 0.6) is 0 Å². The summed E-state index contributed by atoms with van der Waals surface area (Å²) < 4.78 is 15.9. The highest BCUT2D eigenvalue weighted by Gasteiger charge is 2.18. The Labute approximate surface area is 125 Å². The molecule has 0 aliphatic carbocycles. The molecule has 1 aromatic carbocycles. The third-order valence-corrected chi connectivity index (χ3v) is 3.36. The van der Waals surface area contributed by atoms with E-state index < -0.39 is 5.82 Å². The number of hydrogen-bond acceptors (Lipinski definition) is 5. The molecule has 0 saturated heterocycles. The van der Waals surface area contributed by atoms with Crippen LogP contribution in [-0.2, 0) is 11.3 Å². The maximum absolute atomic E-state index is 14.2. The van der Waals surface area contributed by atoms with Crippen molar-refractivity contribution in [1.82, 2.24) is 14.5 Å². The van der Waals surface area contributed by atoms with Crippen LogP contribution >= 0.6 is 0 Å². The number of rotatable bonds is 3. The van der Waals surface area contributed by atoms with Gasteiger partial charge in [-0.3, -0.25) is 4.79 Å². The maximum atomic E-state index is 14.2. The Kier molecular flexibility index (Phi) is 3.25. The average molecular weight is 299 g/mol. The molecule has 2 heterocycles. The summed E-state index contributed by atoms with van der Waals surface area (Å²) >= 11 is 0. The van der Waals surface area contributed by atoms with Gasteiger partial charge in [0.2, 0.25) is 0 Å². The first-order valence-corrected chi connectivity index (χ1v) is 6.61. The Morgan fingerprint density at radius 2 is 2.05 bits per heavy atom. The van der Waals surface area contributed by atoms with Gasteiger partial charge in [-0.2, -0.15) is 0 Å². The van der Waals surface area contributed by atoms with E-state index in [0.29, 0.717) is 27.8 Å². The van der Waals surface area contributed by atoms with Crippen molar-refractivity contribution in [3.63, 3.8) is 0 Å². The minimum Gasteiger partial charge on any atom is -0.399 e. The monoisotopic (exact) mass is 299 g/mol. The molecule has 0 atom stereocenters. The molecule has 2 aromatic heterocycles. The van der Waals surface area contributed by atoms with Gasteiger partial charge in [0.15, 0.2) is 0 Å². The largest absolute Gasteiger partial charge is 0.399 e. The lowest BCUT2D eigenvalue weighted by molar-refractivity contribution is -0.117. The number of fused-ring (bicyclic) bond motifs is 1. The highest BCUT2D eigenvalue weighted by atomic mass is 19.1. The summed E-state index contributed by atoms with van der Waals surface area (Å²) in [4.78, 5) is 19.5. The zero-order valence-corrected chi connectivity index (χ0v) is 11.9. The number of nitrogens with zero attached hydrogens (tertiary/aromatic N) is 3. The van der Waals surface area contributed by atoms with Gasteiger partial charge in [0.05, 0.1) is 11.9 Å². The number of hydrogen-bond donors (Lipinski definition) is 2. The normalized spacial score (nSPS) is 11.0. The van der Waals surface area contributed by atoms with Crippen LogP contribution in [0.2, 0.25) is 0 Å². The summed E-state index contributed by atoms with van der Waals surface area (Å²) in [6.07, 6.45) is 2.98. The number of halogens is 1. The van der Waals surface area contributed by atoms with Crippen LogP contribution in [0.15, 0.2) is 30.7 Å². The number of carbonyl (C=O) groups excluding carboxylic acids is 1. The fraction of sp³-hybridized carbons (Fsp3) is 0.133. The molecule has 0 amide bonds. The fourth-order valence-electron chi connectivity index (χ4n) is 2.46. The Morgan fingerprint density at radius 3 is 2.73 bits per heavy atom. The molecule has 112 valence electrons. The van der Waals surface area contributed by atoms with Crippen molar-refractivity contribution < 1.29 is 9.18 Å². The topological polar surface area (TPSA) is 99.8 Å². The molecule has 0 saturated carbocycles. The first-order chi connectivity index (χ1) is 10.5. The summed E-state index contributed by atoms with van der Waals surface area (Å²) in [6.45, 7) is 1.60. The lowest BCUT2D eigenvalue weighted by atomic mass is 10.1. The van der Waals surface area contributed by atoms with Crippen LogP contribution in [0.3, 0.4) is 0 Å². The minimum atomic E-state index is -0.467. The first kappa shape index (κ1) is 14.0. The van der Waals surface area contributed by atoms with Gasteiger partial charge in [-0.25, -0.2) is 14.4 Å². The second-order valence-corrected chi connectivity index (χ2v) is 5.07. The predicted octanol–water partition coefficient (Wildman–Crippen LogP) is 1.99. The highest BCUT2D eigenvalue weighted by molar-refractivity contribution is 6.01. The van der Waals surface area contributed by atoms with Gasteiger partial charge in [0, 0.05) is 23.0 Å². The van der Waals surface area contributed by atoms with Gasteiger partial charge in [0.1, 0.15) is 29.4 Å². The van der Waals surface area contributed by atoms with Crippen LogP contribution in [0.4, 0.5) is 15.9 Å². The molecule has 0 unspecified atom stereocenters. The van der Waals surface area contributed by atoms with E-state index in [2.05, 4.69) is 9.97 Å². The molecular formula is C15H14FN5O. The van der Waals surface area contributed by atoms with Gasteiger partial charge in [0.25, 0.3) is 0 Å². The molecule has 4 N–H and O–H groups in total. The van der Waals surface area contributed by atoms with Crippen molar-refractivity contribution in [2.45, 2.75) is 13.5 Å². The zero-order valence-electron chi connectivity index (χ0n) is 11.9. The van der Waals surface area contributed by atoms with Crippen molar-refractivity contribution in [3.8, 4) is 11.1 Å². The smallest absolute Gasteiger partial charge is 0.149 e. The lowest BCUT2D eigenvalue weighted by Crippen LogP contribution is -2.05. The summed E-state index contributed by atoms with van der Waals surface area (Å²) in [7, 11) is 0. The molecule has 7 heteroatoms. The minimum absolute atomic E-state index is 0.0431. The number of benzene rings is 1. The SMILES string of the molecule is CC(=O)Cn1cc(-c2ccc(N)cc2F)c2c(N)ncnc21. The van der Waals surface area contributed by atoms with Crippen molar-refractivity contribution in [1.29, 1.82) is 0 Å². The Balaban J connectivity index is 2.31. The first-order valence-electron chi connectivity index (χ1n) is 6.61. The molecule has 0 radical (unpaired) electrons. The molecule has 3 aromatic rings. The molecule has 3 rings (SSSR count). The summed E-state index contributed by atoms with van der Waals surface area (Å²) in [5.41, 5.74) is 13.2. The second-order valence-electron chi connectivity index (χ2n) is 5.07. The van der Waals surface area contributed by atoms with Crippen molar-refractivity contribution >= 4 is 28.3 Å². The maximum Gasteiger partial charge on any atom is 0.149 e. The molecule has 0 aliphatic heterocycles. The molecule has 22 heavy (non-hydrogen) atoms. The lowest BCUT2D eigenvalue weighted by Gasteiger charge is -2.03. The fourth-order valence-corrected chi connectivity index (χ4v) is 2.46. The number of nitrogen functional groups attached to an aromatic ring is 2. The van der Waals surface area contributed by atoms with Crippen molar-refractivity contribution in [2.75, 3.05) is 11.5 Å². The van der Waals surface area contributed by atoms with E-state index in [-0.39, 0.29) is 18.1 Å². The molecule has 0 fully saturated rings. The van der Waals surface area contributed by atoms with E-state index in [1.54, 1.807) is 22.9 Å². The highest BCUT2D eigenvalue weighted by Crippen LogP contribution is 2.34. The van der Waals surface area contributed by atoms with Crippen LogP contribution in [0.1, 0.15) is 6.92 Å². The number of ketones is 1. The number of nitrogens with two attached hydrogens (primary N) is 2. The quantitative estimate of drug-likeness (QED) is 0.720. The van der Waals surface area contributed by atoms with E-state index in [0.717, 1.165) is 0 Å². The average Bonchev–Trinajstić information content (AvgIpc) is 2.78.